The predicted octanol–water partition coefficient (Wildman–Crippen LogP) is -0.564. The SMILES string of the molecule is Cc1ncc([N+](=O)[O-])n1CC(O)CN(CCO)N=O. The first-order valence-electron chi connectivity index (χ1n) is 5.53. The van der Waals surface area contributed by atoms with Crippen LogP contribution in [0.15, 0.2) is 11.5 Å². The Morgan fingerprint density at radius 1 is 1.68 bits per heavy atom. The quantitative estimate of drug-likeness (QED) is 0.368. The molecule has 2 N–H and O–H groups in total. The second kappa shape index (κ2) is 6.75. The molecule has 19 heavy (non-hydrogen) atoms. The summed E-state index contributed by atoms with van der Waals surface area (Å²) in [6.07, 6.45) is 0.0572. The average molecular weight is 273 g/mol. The van der Waals surface area contributed by atoms with Crippen LogP contribution in [0.5, 0.6) is 0 Å². The molecule has 10 heteroatoms. The molecule has 0 aliphatic heterocycles. The summed E-state index contributed by atoms with van der Waals surface area (Å²) in [5.41, 5.74) is 0. The maximum absolute atomic E-state index is 10.7. The first kappa shape index (κ1) is 15.0. The molecule has 1 aromatic rings. The topological polar surface area (TPSA) is 134 Å². The number of nitroso groups, excluding NO2 is 1. The molecule has 0 aliphatic carbocycles. The van der Waals surface area contributed by atoms with Crippen molar-refractivity contribution < 1.29 is 15.1 Å². The molecule has 1 heterocycles. The summed E-state index contributed by atoms with van der Waals surface area (Å²) in [6, 6.07) is 0. The molecular formula is C9H15N5O5. The highest BCUT2D eigenvalue weighted by molar-refractivity contribution is 5.18. The first-order chi connectivity index (χ1) is 8.99. The summed E-state index contributed by atoms with van der Waals surface area (Å²) in [4.78, 5) is 24.3. The number of aliphatic hydroxyl groups is 2. The smallest absolute Gasteiger partial charge is 0.342 e. The Balaban J connectivity index is 2.71. The fourth-order valence-electron chi connectivity index (χ4n) is 1.62. The minimum absolute atomic E-state index is 0.00837. The van der Waals surface area contributed by atoms with E-state index in [2.05, 4.69) is 10.3 Å². The molecule has 0 spiro atoms. The number of rotatable bonds is 8. The Kier molecular flexibility index (Phi) is 5.33. The minimum Gasteiger partial charge on any atom is -0.394 e. The highest BCUT2D eigenvalue weighted by atomic mass is 16.6. The third-order valence-electron chi connectivity index (χ3n) is 2.51. The molecule has 0 aromatic carbocycles. The van der Waals surface area contributed by atoms with Gasteiger partial charge < -0.3 is 20.3 Å². The molecular weight excluding hydrogens is 258 g/mol. The lowest BCUT2D eigenvalue weighted by molar-refractivity contribution is -0.392. The van der Waals surface area contributed by atoms with Gasteiger partial charge in [0, 0.05) is 6.92 Å². The largest absolute Gasteiger partial charge is 0.394 e. The number of hydrogen-bond donors (Lipinski definition) is 2. The summed E-state index contributed by atoms with van der Waals surface area (Å²) in [6.45, 7) is 1.08. The van der Waals surface area contributed by atoms with Gasteiger partial charge in [0.05, 0.1) is 25.0 Å². The van der Waals surface area contributed by atoms with Gasteiger partial charge in [0.1, 0.15) is 18.8 Å². The zero-order valence-electron chi connectivity index (χ0n) is 10.3. The van der Waals surface area contributed by atoms with Crippen molar-refractivity contribution in [2.45, 2.75) is 19.6 Å². The van der Waals surface area contributed by atoms with Crippen LogP contribution in [0, 0.1) is 21.9 Å². The molecule has 0 fully saturated rings. The highest BCUT2D eigenvalue weighted by Gasteiger charge is 2.21. The van der Waals surface area contributed by atoms with E-state index in [0.29, 0.717) is 5.82 Å². The average Bonchev–Trinajstić information content (AvgIpc) is 2.70. The van der Waals surface area contributed by atoms with Crippen molar-refractivity contribution >= 4 is 5.82 Å². The zero-order valence-corrected chi connectivity index (χ0v) is 10.3. The first-order valence-corrected chi connectivity index (χ1v) is 5.53. The van der Waals surface area contributed by atoms with Gasteiger partial charge in [-0.3, -0.25) is 5.01 Å². The molecule has 0 saturated carbocycles. The van der Waals surface area contributed by atoms with E-state index in [1.165, 1.54) is 4.57 Å². The maximum atomic E-state index is 10.7. The van der Waals surface area contributed by atoms with Crippen molar-refractivity contribution in [2.75, 3.05) is 19.7 Å². The van der Waals surface area contributed by atoms with Crippen LogP contribution in [0.4, 0.5) is 5.82 Å². The molecule has 0 amide bonds. The number of hydrogen-bond acceptors (Lipinski definition) is 7. The van der Waals surface area contributed by atoms with E-state index in [4.69, 9.17) is 5.11 Å². The molecule has 1 aromatic heterocycles. The Morgan fingerprint density at radius 3 is 2.89 bits per heavy atom. The fraction of sp³-hybridized carbons (Fsp3) is 0.667. The van der Waals surface area contributed by atoms with Crippen LogP contribution in [-0.4, -0.2) is 55.5 Å². The molecule has 1 unspecified atom stereocenters. The number of nitrogens with zero attached hydrogens (tertiary/aromatic N) is 5. The van der Waals surface area contributed by atoms with Gasteiger partial charge in [0.2, 0.25) is 0 Å². The van der Waals surface area contributed by atoms with Crippen LogP contribution < -0.4 is 0 Å². The second-order valence-corrected chi connectivity index (χ2v) is 3.90. The van der Waals surface area contributed by atoms with Crippen LogP contribution in [0.1, 0.15) is 5.82 Å². The summed E-state index contributed by atoms with van der Waals surface area (Å²) in [7, 11) is 0. The second-order valence-electron chi connectivity index (χ2n) is 3.90. The normalized spacial score (nSPS) is 12.2. The number of aryl methyl sites for hydroxylation is 1. The van der Waals surface area contributed by atoms with Crippen LogP contribution >= 0.6 is 0 Å². The van der Waals surface area contributed by atoms with E-state index in [1.807, 2.05) is 0 Å². The van der Waals surface area contributed by atoms with Crippen molar-refractivity contribution in [3.05, 3.63) is 27.0 Å². The van der Waals surface area contributed by atoms with Gasteiger partial charge in [-0.25, -0.2) is 9.55 Å². The molecule has 0 saturated heterocycles. The monoisotopic (exact) mass is 273 g/mol. The van der Waals surface area contributed by atoms with Gasteiger partial charge in [0.25, 0.3) is 0 Å². The fourth-order valence-corrected chi connectivity index (χ4v) is 1.62. The van der Waals surface area contributed by atoms with Crippen LogP contribution in [0.25, 0.3) is 0 Å². The maximum Gasteiger partial charge on any atom is 0.342 e. The van der Waals surface area contributed by atoms with Crippen molar-refractivity contribution in [1.29, 1.82) is 0 Å². The Morgan fingerprint density at radius 2 is 2.37 bits per heavy atom. The summed E-state index contributed by atoms with van der Waals surface area (Å²) in [5.74, 6) is 0.155. The third-order valence-corrected chi connectivity index (χ3v) is 2.51. The summed E-state index contributed by atoms with van der Waals surface area (Å²) < 4.78 is 1.24. The summed E-state index contributed by atoms with van der Waals surface area (Å²) >= 11 is 0. The van der Waals surface area contributed by atoms with E-state index in [9.17, 15) is 20.1 Å². The molecule has 1 rings (SSSR count). The van der Waals surface area contributed by atoms with E-state index < -0.39 is 11.0 Å². The van der Waals surface area contributed by atoms with Crippen LogP contribution in [-0.2, 0) is 6.54 Å². The van der Waals surface area contributed by atoms with Gasteiger partial charge >= 0.3 is 5.82 Å². The van der Waals surface area contributed by atoms with Gasteiger partial charge in [-0.15, -0.1) is 4.91 Å². The predicted molar refractivity (Wildman–Crippen MR) is 64.1 cm³/mol. The lowest BCUT2D eigenvalue weighted by Gasteiger charge is -2.17. The molecule has 106 valence electrons. The van der Waals surface area contributed by atoms with E-state index in [-0.39, 0.29) is 32.1 Å². The van der Waals surface area contributed by atoms with E-state index >= 15 is 0 Å². The van der Waals surface area contributed by atoms with Gasteiger partial charge in [0.15, 0.2) is 5.82 Å². The Labute approximate surface area is 108 Å². The van der Waals surface area contributed by atoms with Gasteiger partial charge in [-0.1, -0.05) is 0 Å². The molecule has 0 bridgehead atoms. The minimum atomic E-state index is -1.05. The van der Waals surface area contributed by atoms with Crippen molar-refractivity contribution in [3.8, 4) is 0 Å². The number of nitro groups is 1. The lowest BCUT2D eigenvalue weighted by atomic mass is 10.3. The molecule has 1 atom stereocenters. The Hall–Kier alpha value is -2.07. The summed E-state index contributed by atoms with van der Waals surface area (Å²) in [5, 5.41) is 32.8. The van der Waals surface area contributed by atoms with Crippen molar-refractivity contribution in [1.82, 2.24) is 14.6 Å². The van der Waals surface area contributed by atoms with Crippen LogP contribution in [0.2, 0.25) is 0 Å². The number of aromatic nitrogens is 2. The van der Waals surface area contributed by atoms with Crippen molar-refractivity contribution in [2.24, 2.45) is 5.29 Å². The molecule has 10 nitrogen and oxygen atoms in total. The standard InChI is InChI=1S/C9H15N5O5/c1-7-10-4-9(14(18)19)13(7)6-8(16)5-12(11-17)2-3-15/h4,8,15-16H,2-3,5-6H2,1H3. The lowest BCUT2D eigenvalue weighted by Crippen LogP contribution is -2.33. The van der Waals surface area contributed by atoms with Crippen LogP contribution in [0.3, 0.4) is 0 Å². The molecule has 0 aliphatic rings. The zero-order chi connectivity index (χ0) is 14.4. The highest BCUT2D eigenvalue weighted by Crippen LogP contribution is 2.14. The van der Waals surface area contributed by atoms with Gasteiger partial charge in [-0.05, 0) is 4.92 Å². The van der Waals surface area contributed by atoms with Gasteiger partial charge in [-0.2, -0.15) is 0 Å². The Bertz CT molecular complexity index is 448. The van der Waals surface area contributed by atoms with E-state index in [0.717, 1.165) is 11.2 Å². The number of imidazole rings is 1. The number of aliphatic hydroxyl groups excluding tert-OH is 2. The van der Waals surface area contributed by atoms with Crippen molar-refractivity contribution in [3.63, 3.8) is 0 Å². The molecule has 0 radical (unpaired) electrons. The van der Waals surface area contributed by atoms with E-state index in [1.54, 1.807) is 6.92 Å². The third kappa shape index (κ3) is 3.96.